The largest absolute Gasteiger partial charge is 0.485 e. The zero-order chi connectivity index (χ0) is 9.97. The van der Waals surface area contributed by atoms with Gasteiger partial charge in [0, 0.05) is 12.5 Å². The van der Waals surface area contributed by atoms with Gasteiger partial charge in [0.1, 0.15) is 12.4 Å². The molecule has 1 aliphatic heterocycles. The van der Waals surface area contributed by atoms with Crippen LogP contribution in [0.3, 0.4) is 0 Å². The van der Waals surface area contributed by atoms with Gasteiger partial charge in [-0.05, 0) is 24.5 Å². The van der Waals surface area contributed by atoms with E-state index in [0.717, 1.165) is 30.1 Å². The van der Waals surface area contributed by atoms with E-state index in [-0.39, 0.29) is 0 Å². The van der Waals surface area contributed by atoms with E-state index in [1.54, 1.807) is 0 Å². The third-order valence-corrected chi connectivity index (χ3v) is 2.29. The third-order valence-electron chi connectivity index (χ3n) is 2.29. The van der Waals surface area contributed by atoms with Crippen molar-refractivity contribution in [1.29, 1.82) is 0 Å². The van der Waals surface area contributed by atoms with Crippen molar-refractivity contribution in [2.75, 3.05) is 6.61 Å². The maximum absolute atomic E-state index is 5.61. The fourth-order valence-electron chi connectivity index (χ4n) is 1.46. The van der Waals surface area contributed by atoms with Crippen molar-refractivity contribution in [2.24, 2.45) is 5.92 Å². The standard InChI is InChI=1S/C12H15O2/c1-9(2)5-6-10-8-12-11(14-10)4-3-7-13-12/h4,8-9H,5-7H2,1-2H3. The summed E-state index contributed by atoms with van der Waals surface area (Å²) in [6.45, 7) is 4.97. The SMILES string of the molecule is CC(C)CCc1cc2c(o1)C=[C]CO2. The zero-order valence-corrected chi connectivity index (χ0v) is 8.67. The van der Waals surface area contributed by atoms with E-state index in [1.165, 1.54) is 0 Å². The second kappa shape index (κ2) is 3.91. The van der Waals surface area contributed by atoms with Gasteiger partial charge in [0.15, 0.2) is 11.5 Å². The van der Waals surface area contributed by atoms with Gasteiger partial charge in [-0.2, -0.15) is 0 Å². The average Bonchev–Trinajstić information content (AvgIpc) is 2.57. The molecule has 0 aliphatic carbocycles. The summed E-state index contributed by atoms with van der Waals surface area (Å²) >= 11 is 0. The highest BCUT2D eigenvalue weighted by atomic mass is 16.5. The molecule has 0 atom stereocenters. The van der Waals surface area contributed by atoms with Crippen LogP contribution >= 0.6 is 0 Å². The summed E-state index contributed by atoms with van der Waals surface area (Å²) in [5.41, 5.74) is 0. The number of fused-ring (bicyclic) bond motifs is 1. The van der Waals surface area contributed by atoms with E-state index in [4.69, 9.17) is 9.15 Å². The van der Waals surface area contributed by atoms with Gasteiger partial charge in [0.2, 0.25) is 0 Å². The molecule has 1 aliphatic rings. The first-order valence-electron chi connectivity index (χ1n) is 5.08. The van der Waals surface area contributed by atoms with Gasteiger partial charge in [-0.1, -0.05) is 13.8 Å². The van der Waals surface area contributed by atoms with Gasteiger partial charge in [-0.25, -0.2) is 0 Å². The Labute approximate surface area is 84.6 Å². The summed E-state index contributed by atoms with van der Waals surface area (Å²) in [5.74, 6) is 3.40. The summed E-state index contributed by atoms with van der Waals surface area (Å²) in [6.07, 6.45) is 6.98. The maximum atomic E-state index is 5.61. The van der Waals surface area contributed by atoms with Crippen molar-refractivity contribution in [3.05, 3.63) is 23.7 Å². The molecule has 0 saturated heterocycles. The predicted octanol–water partition coefficient (Wildman–Crippen LogP) is 3.08. The predicted molar refractivity (Wildman–Crippen MR) is 55.1 cm³/mol. The Morgan fingerprint density at radius 2 is 2.36 bits per heavy atom. The highest BCUT2D eigenvalue weighted by molar-refractivity contribution is 5.52. The monoisotopic (exact) mass is 191 g/mol. The van der Waals surface area contributed by atoms with Gasteiger partial charge >= 0.3 is 0 Å². The quantitative estimate of drug-likeness (QED) is 0.732. The Balaban J connectivity index is 2.06. The molecule has 1 radical (unpaired) electrons. The zero-order valence-electron chi connectivity index (χ0n) is 8.67. The highest BCUT2D eigenvalue weighted by Gasteiger charge is 2.12. The minimum Gasteiger partial charge on any atom is -0.485 e. The topological polar surface area (TPSA) is 22.4 Å². The average molecular weight is 191 g/mol. The van der Waals surface area contributed by atoms with E-state index in [1.807, 2.05) is 12.1 Å². The van der Waals surface area contributed by atoms with Gasteiger partial charge < -0.3 is 9.15 Å². The molecule has 1 aromatic heterocycles. The molecule has 2 heteroatoms. The van der Waals surface area contributed by atoms with E-state index in [9.17, 15) is 0 Å². The Bertz CT molecular complexity index is 334. The number of hydrogen-bond acceptors (Lipinski definition) is 2. The van der Waals surface area contributed by atoms with Crippen molar-refractivity contribution in [3.63, 3.8) is 0 Å². The van der Waals surface area contributed by atoms with Gasteiger partial charge in [0.05, 0.1) is 0 Å². The summed E-state index contributed by atoms with van der Waals surface area (Å²) in [5, 5.41) is 0. The number of aryl methyl sites for hydroxylation is 1. The second-order valence-electron chi connectivity index (χ2n) is 4.01. The fourth-order valence-corrected chi connectivity index (χ4v) is 1.46. The van der Waals surface area contributed by atoms with Crippen LogP contribution in [-0.2, 0) is 6.42 Å². The van der Waals surface area contributed by atoms with Crippen molar-refractivity contribution in [3.8, 4) is 5.75 Å². The van der Waals surface area contributed by atoms with Crippen LogP contribution in [0.5, 0.6) is 5.75 Å². The molecule has 1 aromatic rings. The van der Waals surface area contributed by atoms with Crippen LogP contribution in [0.15, 0.2) is 10.5 Å². The number of hydrogen-bond donors (Lipinski definition) is 0. The van der Waals surface area contributed by atoms with Crippen molar-refractivity contribution in [1.82, 2.24) is 0 Å². The van der Waals surface area contributed by atoms with Crippen molar-refractivity contribution >= 4 is 6.08 Å². The van der Waals surface area contributed by atoms with Crippen LogP contribution in [0, 0.1) is 12.0 Å². The minimum absolute atomic E-state index is 0.538. The molecule has 2 heterocycles. The van der Waals surface area contributed by atoms with Crippen LogP contribution in [0.25, 0.3) is 6.08 Å². The highest BCUT2D eigenvalue weighted by Crippen LogP contribution is 2.28. The third kappa shape index (κ3) is 2.00. The summed E-state index contributed by atoms with van der Waals surface area (Å²) < 4.78 is 11.0. The molecule has 0 amide bonds. The maximum Gasteiger partial charge on any atom is 0.169 e. The first kappa shape index (κ1) is 9.38. The molecule has 0 fully saturated rings. The number of ether oxygens (including phenoxy) is 1. The molecule has 0 spiro atoms. The molecule has 75 valence electrons. The molecular weight excluding hydrogens is 176 g/mol. The lowest BCUT2D eigenvalue weighted by atomic mass is 10.1. The Morgan fingerprint density at radius 3 is 3.07 bits per heavy atom. The first-order chi connectivity index (χ1) is 6.75. The summed E-state index contributed by atoms with van der Waals surface area (Å²) in [4.78, 5) is 0. The van der Waals surface area contributed by atoms with Crippen LogP contribution in [0.2, 0.25) is 0 Å². The van der Waals surface area contributed by atoms with Crippen LogP contribution in [0.4, 0.5) is 0 Å². The molecule has 2 rings (SSSR count). The molecular formula is C12H15O2. The number of furan rings is 1. The molecule has 14 heavy (non-hydrogen) atoms. The molecule has 0 saturated carbocycles. The van der Waals surface area contributed by atoms with E-state index in [2.05, 4.69) is 19.9 Å². The van der Waals surface area contributed by atoms with Crippen molar-refractivity contribution < 1.29 is 9.15 Å². The summed E-state index contributed by atoms with van der Waals surface area (Å²) in [7, 11) is 0. The number of rotatable bonds is 3. The van der Waals surface area contributed by atoms with Gasteiger partial charge in [-0.3, -0.25) is 0 Å². The van der Waals surface area contributed by atoms with Crippen LogP contribution in [0.1, 0.15) is 31.8 Å². The molecule has 0 bridgehead atoms. The van der Waals surface area contributed by atoms with Gasteiger partial charge in [0.25, 0.3) is 0 Å². The molecule has 0 N–H and O–H groups in total. The van der Waals surface area contributed by atoms with E-state index >= 15 is 0 Å². The van der Waals surface area contributed by atoms with Crippen LogP contribution in [-0.4, -0.2) is 6.61 Å². The van der Waals surface area contributed by atoms with Crippen molar-refractivity contribution in [2.45, 2.75) is 26.7 Å². The molecule has 0 aromatic carbocycles. The Morgan fingerprint density at radius 1 is 1.50 bits per heavy atom. The fraction of sp³-hybridized carbons (Fsp3) is 0.500. The Hall–Kier alpha value is -1.18. The lowest BCUT2D eigenvalue weighted by Gasteiger charge is -2.03. The minimum atomic E-state index is 0.538. The molecule has 0 unspecified atom stereocenters. The van der Waals surface area contributed by atoms with Crippen LogP contribution < -0.4 is 4.74 Å². The normalized spacial score (nSPS) is 14.2. The van der Waals surface area contributed by atoms with E-state index in [0.29, 0.717) is 12.5 Å². The lowest BCUT2D eigenvalue weighted by Crippen LogP contribution is -1.97. The first-order valence-corrected chi connectivity index (χ1v) is 5.08. The smallest absolute Gasteiger partial charge is 0.169 e. The Kier molecular flexibility index (Phi) is 2.62. The lowest BCUT2D eigenvalue weighted by molar-refractivity contribution is 0.343. The summed E-state index contributed by atoms with van der Waals surface area (Å²) in [6, 6.07) is 2.00. The van der Waals surface area contributed by atoms with Gasteiger partial charge in [-0.15, -0.1) is 0 Å². The van der Waals surface area contributed by atoms with E-state index < -0.39 is 0 Å². The second-order valence-corrected chi connectivity index (χ2v) is 4.01. The molecule has 2 nitrogen and oxygen atoms in total.